The number of fused-ring (bicyclic) bond motifs is 1. The number of aryl methyl sites for hydroxylation is 4. The summed E-state index contributed by atoms with van der Waals surface area (Å²) in [7, 11) is 3.42. The van der Waals surface area contributed by atoms with E-state index in [2.05, 4.69) is 10.1 Å². The molecular weight excluding hydrogens is 368 g/mol. The minimum absolute atomic E-state index is 0.216. The Labute approximate surface area is 167 Å². The summed E-state index contributed by atoms with van der Waals surface area (Å²) < 4.78 is 6.13. The standard InChI is InChI=1S/C21H24N6O2/c1-12-9-7-8-10-16(12)11-26-19(28)17-18(25(6)21(26)29)22-20(24(17)5)27-15(4)13(2)14(3)23-27/h7-10H,11H2,1-6H3. The van der Waals surface area contributed by atoms with Gasteiger partial charge >= 0.3 is 5.69 Å². The summed E-state index contributed by atoms with van der Waals surface area (Å²) >= 11 is 0. The summed E-state index contributed by atoms with van der Waals surface area (Å²) in [5, 5.41) is 4.56. The van der Waals surface area contributed by atoms with Crippen LogP contribution in [0.1, 0.15) is 28.1 Å². The van der Waals surface area contributed by atoms with Crippen LogP contribution in [-0.4, -0.2) is 28.5 Å². The van der Waals surface area contributed by atoms with E-state index in [4.69, 9.17) is 0 Å². The number of nitrogens with zero attached hydrogens (tertiary/aromatic N) is 6. The monoisotopic (exact) mass is 392 g/mol. The molecule has 8 nitrogen and oxygen atoms in total. The Morgan fingerprint density at radius 1 is 0.966 bits per heavy atom. The second-order valence-corrected chi connectivity index (χ2v) is 7.51. The highest BCUT2D eigenvalue weighted by molar-refractivity contribution is 5.72. The first-order valence-corrected chi connectivity index (χ1v) is 9.46. The maximum atomic E-state index is 13.3. The molecule has 0 atom stereocenters. The number of imidazole rings is 1. The lowest BCUT2D eigenvalue weighted by Crippen LogP contribution is -2.40. The third kappa shape index (κ3) is 2.74. The van der Waals surface area contributed by atoms with Crippen molar-refractivity contribution in [2.45, 2.75) is 34.2 Å². The van der Waals surface area contributed by atoms with Crippen LogP contribution in [0.4, 0.5) is 0 Å². The molecule has 8 heteroatoms. The summed E-state index contributed by atoms with van der Waals surface area (Å²) in [5.74, 6) is 0.509. The fourth-order valence-corrected chi connectivity index (χ4v) is 3.63. The van der Waals surface area contributed by atoms with E-state index in [1.165, 1.54) is 9.13 Å². The van der Waals surface area contributed by atoms with Gasteiger partial charge in [0.15, 0.2) is 11.2 Å². The number of rotatable bonds is 3. The number of aromatic nitrogens is 6. The van der Waals surface area contributed by atoms with Crippen LogP contribution >= 0.6 is 0 Å². The van der Waals surface area contributed by atoms with Gasteiger partial charge < -0.3 is 4.57 Å². The second-order valence-electron chi connectivity index (χ2n) is 7.51. The fourth-order valence-electron chi connectivity index (χ4n) is 3.63. The summed E-state index contributed by atoms with van der Waals surface area (Å²) in [6.07, 6.45) is 0. The highest BCUT2D eigenvalue weighted by Gasteiger charge is 2.21. The minimum atomic E-state index is -0.389. The van der Waals surface area contributed by atoms with Gasteiger partial charge in [0.05, 0.1) is 12.2 Å². The van der Waals surface area contributed by atoms with E-state index in [9.17, 15) is 9.59 Å². The molecular formula is C21H24N6O2. The fraction of sp³-hybridized carbons (Fsp3) is 0.333. The van der Waals surface area contributed by atoms with Crippen molar-refractivity contribution in [3.05, 3.63) is 73.2 Å². The van der Waals surface area contributed by atoms with Crippen molar-refractivity contribution in [1.29, 1.82) is 0 Å². The van der Waals surface area contributed by atoms with Gasteiger partial charge in [0, 0.05) is 19.8 Å². The van der Waals surface area contributed by atoms with Gasteiger partial charge in [-0.1, -0.05) is 24.3 Å². The van der Waals surface area contributed by atoms with E-state index < -0.39 is 0 Å². The molecule has 0 bridgehead atoms. The quantitative estimate of drug-likeness (QED) is 0.533. The predicted octanol–water partition coefficient (Wildman–Crippen LogP) is 1.90. The van der Waals surface area contributed by atoms with E-state index in [0.29, 0.717) is 17.1 Å². The lowest BCUT2D eigenvalue weighted by Gasteiger charge is -2.10. The molecule has 4 rings (SSSR count). The second kappa shape index (κ2) is 6.58. The van der Waals surface area contributed by atoms with Gasteiger partial charge in [0.2, 0.25) is 5.95 Å². The molecule has 0 radical (unpaired) electrons. The number of hydrogen-bond acceptors (Lipinski definition) is 4. The average molecular weight is 392 g/mol. The Morgan fingerprint density at radius 2 is 1.66 bits per heavy atom. The lowest BCUT2D eigenvalue weighted by atomic mass is 10.1. The topological polar surface area (TPSA) is 79.6 Å². The molecule has 0 saturated heterocycles. The van der Waals surface area contributed by atoms with Crippen molar-refractivity contribution >= 4 is 11.2 Å². The smallest absolute Gasteiger partial charge is 0.306 e. The molecule has 0 aliphatic carbocycles. The van der Waals surface area contributed by atoms with E-state index >= 15 is 0 Å². The Balaban J connectivity index is 1.99. The van der Waals surface area contributed by atoms with Crippen LogP contribution in [0.2, 0.25) is 0 Å². The molecule has 0 unspecified atom stereocenters. The molecule has 0 aliphatic rings. The molecule has 3 heterocycles. The third-order valence-corrected chi connectivity index (χ3v) is 5.77. The molecule has 0 N–H and O–H groups in total. The molecule has 0 aliphatic heterocycles. The molecule has 3 aromatic heterocycles. The van der Waals surface area contributed by atoms with Crippen molar-refractivity contribution in [3.8, 4) is 5.95 Å². The Kier molecular flexibility index (Phi) is 4.29. The minimum Gasteiger partial charge on any atom is -0.306 e. The van der Waals surface area contributed by atoms with Crippen LogP contribution in [-0.2, 0) is 20.6 Å². The summed E-state index contributed by atoms with van der Waals surface area (Å²) in [5.41, 5.74) is 4.87. The Morgan fingerprint density at radius 3 is 2.28 bits per heavy atom. The van der Waals surface area contributed by atoms with Crippen molar-refractivity contribution in [2.75, 3.05) is 0 Å². The Hall–Kier alpha value is -3.42. The number of benzene rings is 1. The zero-order chi connectivity index (χ0) is 21.0. The van der Waals surface area contributed by atoms with Gasteiger partial charge in [-0.2, -0.15) is 10.1 Å². The number of hydrogen-bond donors (Lipinski definition) is 0. The molecule has 150 valence electrons. The summed E-state index contributed by atoms with van der Waals surface area (Å²) in [6, 6.07) is 7.74. The summed E-state index contributed by atoms with van der Waals surface area (Å²) in [4.78, 5) is 30.9. The largest absolute Gasteiger partial charge is 0.332 e. The SMILES string of the molecule is Cc1ccccc1Cn1c(=O)c2c(nc(-n3nc(C)c(C)c3C)n2C)n(C)c1=O. The zero-order valence-electron chi connectivity index (χ0n) is 17.5. The first kappa shape index (κ1) is 18.9. The highest BCUT2D eigenvalue weighted by Crippen LogP contribution is 2.18. The molecule has 0 fully saturated rings. The zero-order valence-corrected chi connectivity index (χ0v) is 17.5. The average Bonchev–Trinajstić information content (AvgIpc) is 3.16. The van der Waals surface area contributed by atoms with Crippen molar-refractivity contribution in [3.63, 3.8) is 0 Å². The van der Waals surface area contributed by atoms with Crippen molar-refractivity contribution in [2.24, 2.45) is 14.1 Å². The summed E-state index contributed by atoms with van der Waals surface area (Å²) in [6.45, 7) is 8.09. The first-order chi connectivity index (χ1) is 13.7. The van der Waals surface area contributed by atoms with E-state index in [1.807, 2.05) is 52.0 Å². The van der Waals surface area contributed by atoms with Crippen molar-refractivity contribution in [1.82, 2.24) is 28.5 Å². The van der Waals surface area contributed by atoms with Crippen molar-refractivity contribution < 1.29 is 0 Å². The molecule has 1 aromatic carbocycles. The van der Waals surface area contributed by atoms with Gasteiger partial charge in [-0.05, 0) is 44.4 Å². The molecule has 29 heavy (non-hydrogen) atoms. The maximum absolute atomic E-state index is 13.3. The van der Waals surface area contributed by atoms with Gasteiger partial charge in [-0.25, -0.2) is 9.48 Å². The molecule has 0 saturated carbocycles. The third-order valence-electron chi connectivity index (χ3n) is 5.77. The Bertz CT molecular complexity index is 1380. The van der Waals surface area contributed by atoms with Crippen LogP contribution < -0.4 is 11.2 Å². The highest BCUT2D eigenvalue weighted by atomic mass is 16.2. The van der Waals surface area contributed by atoms with Gasteiger partial charge in [-0.3, -0.25) is 13.9 Å². The van der Waals surface area contributed by atoms with Gasteiger partial charge in [0.25, 0.3) is 5.56 Å². The normalized spacial score (nSPS) is 11.5. The van der Waals surface area contributed by atoms with Crippen LogP contribution in [0, 0.1) is 27.7 Å². The molecule has 0 spiro atoms. The maximum Gasteiger partial charge on any atom is 0.332 e. The van der Waals surface area contributed by atoms with E-state index in [-0.39, 0.29) is 17.8 Å². The van der Waals surface area contributed by atoms with Crippen LogP contribution in [0.5, 0.6) is 0 Å². The predicted molar refractivity (Wildman–Crippen MR) is 112 cm³/mol. The molecule has 0 amide bonds. The molecule has 4 aromatic rings. The van der Waals surface area contributed by atoms with Crippen LogP contribution in [0.15, 0.2) is 33.9 Å². The first-order valence-electron chi connectivity index (χ1n) is 9.46. The van der Waals surface area contributed by atoms with Crippen LogP contribution in [0.3, 0.4) is 0 Å². The van der Waals surface area contributed by atoms with Gasteiger partial charge in [-0.15, -0.1) is 0 Å². The lowest BCUT2D eigenvalue weighted by molar-refractivity contribution is 0.653. The van der Waals surface area contributed by atoms with Crippen LogP contribution in [0.25, 0.3) is 17.1 Å². The van der Waals surface area contributed by atoms with E-state index in [0.717, 1.165) is 28.1 Å². The van der Waals surface area contributed by atoms with Gasteiger partial charge in [0.1, 0.15) is 0 Å². The van der Waals surface area contributed by atoms with E-state index in [1.54, 1.807) is 23.3 Å².